The molecule has 198 valence electrons. The third-order valence-corrected chi connectivity index (χ3v) is 6.24. The number of hydrogen-bond donors (Lipinski definition) is 0. The molecule has 0 heterocycles. The molecule has 7 heteroatoms. The molecule has 0 N–H and O–H groups in total. The van der Waals surface area contributed by atoms with Crippen LogP contribution in [0.15, 0.2) is 30.3 Å². The molecule has 0 bridgehead atoms. The fraction of sp³-hybridized carbons (Fsp3) is 0.679. The van der Waals surface area contributed by atoms with Gasteiger partial charge in [0.25, 0.3) is 0 Å². The lowest BCUT2D eigenvalue weighted by Gasteiger charge is -2.39. The van der Waals surface area contributed by atoms with Crippen molar-refractivity contribution in [1.29, 1.82) is 0 Å². The highest BCUT2D eigenvalue weighted by molar-refractivity contribution is 5.84. The average molecular weight is 492 g/mol. The molecule has 0 aliphatic carbocycles. The van der Waals surface area contributed by atoms with Crippen LogP contribution < -0.4 is 0 Å². The molecule has 0 saturated carbocycles. The Hall–Kier alpha value is -2.41. The summed E-state index contributed by atoms with van der Waals surface area (Å²) in [5.41, 5.74) is 0.290. The van der Waals surface area contributed by atoms with Crippen molar-refractivity contribution in [1.82, 2.24) is 4.90 Å². The maximum Gasteiger partial charge on any atom is 0.309 e. The number of rotatable bonds is 13. The van der Waals surface area contributed by atoms with Crippen molar-refractivity contribution in [2.45, 2.75) is 92.1 Å². The lowest BCUT2D eigenvalue weighted by molar-refractivity contribution is -0.161. The van der Waals surface area contributed by atoms with E-state index in [0.29, 0.717) is 0 Å². The monoisotopic (exact) mass is 491 g/mol. The highest BCUT2D eigenvalue weighted by Gasteiger charge is 2.38. The second-order valence-electron chi connectivity index (χ2n) is 10.6. The zero-order valence-corrected chi connectivity index (χ0v) is 23.0. The van der Waals surface area contributed by atoms with Crippen LogP contribution in [-0.2, 0) is 35.2 Å². The fourth-order valence-corrected chi connectivity index (χ4v) is 4.12. The number of methoxy groups -OCH3 is 1. The first-order chi connectivity index (χ1) is 16.3. The van der Waals surface area contributed by atoms with Crippen molar-refractivity contribution >= 4 is 17.8 Å². The van der Waals surface area contributed by atoms with Crippen LogP contribution in [0.3, 0.4) is 0 Å². The zero-order valence-electron chi connectivity index (χ0n) is 23.0. The van der Waals surface area contributed by atoms with Crippen molar-refractivity contribution in [3.05, 3.63) is 35.9 Å². The van der Waals surface area contributed by atoms with Gasteiger partial charge in [-0.2, -0.15) is 0 Å². The van der Waals surface area contributed by atoms with E-state index < -0.39 is 23.6 Å². The van der Waals surface area contributed by atoms with E-state index in [0.717, 1.165) is 12.0 Å². The summed E-state index contributed by atoms with van der Waals surface area (Å²) in [6.07, 6.45) is 0.282. The van der Waals surface area contributed by atoms with Crippen LogP contribution in [0.2, 0.25) is 0 Å². The molecule has 1 amide bonds. The molecule has 0 aliphatic rings. The topological polar surface area (TPSA) is 82.1 Å². The molecule has 4 atom stereocenters. The number of likely N-dealkylation sites (N-methyl/N-ethyl adjacent to an activating group) is 1. The third kappa shape index (κ3) is 10.4. The van der Waals surface area contributed by atoms with Gasteiger partial charge in [0.1, 0.15) is 12.2 Å². The lowest BCUT2D eigenvalue weighted by atomic mass is 9.87. The van der Waals surface area contributed by atoms with Crippen molar-refractivity contribution in [2.75, 3.05) is 14.2 Å². The molecule has 35 heavy (non-hydrogen) atoms. The van der Waals surface area contributed by atoms with Crippen LogP contribution in [0.4, 0.5) is 0 Å². The molecule has 1 rings (SSSR count). The number of nitrogens with zero attached hydrogens (tertiary/aromatic N) is 1. The van der Waals surface area contributed by atoms with Crippen molar-refractivity contribution in [3.8, 4) is 0 Å². The van der Waals surface area contributed by atoms with Gasteiger partial charge in [0.2, 0.25) is 5.91 Å². The standard InChI is InChI=1S/C28H45NO6/c1-10-20(4)26(23(33-9)17-25(31)35-28(5,6)7)29(8)27(32)22(19(2)3)16-24(30)34-18-21-14-12-11-13-15-21/h11-15,19-20,22-23,26H,10,16-18H2,1-9H3/t20-,22-,23+,26-/m0/s1. The van der Waals surface area contributed by atoms with Crippen LogP contribution in [0.1, 0.15) is 73.3 Å². The molecule has 0 aliphatic heterocycles. The Balaban J connectivity index is 2.99. The molecule has 0 spiro atoms. The summed E-state index contributed by atoms with van der Waals surface area (Å²) in [7, 11) is 3.27. The van der Waals surface area contributed by atoms with Crippen molar-refractivity contribution in [2.24, 2.45) is 17.8 Å². The summed E-state index contributed by atoms with van der Waals surface area (Å²) in [6.45, 7) is 13.5. The lowest BCUT2D eigenvalue weighted by Crippen LogP contribution is -2.52. The molecule has 0 saturated heterocycles. The van der Waals surface area contributed by atoms with Gasteiger partial charge in [0, 0.05) is 14.2 Å². The number of esters is 2. The number of hydrogen-bond acceptors (Lipinski definition) is 6. The first-order valence-corrected chi connectivity index (χ1v) is 12.5. The van der Waals surface area contributed by atoms with E-state index in [2.05, 4.69) is 0 Å². The number of carbonyl (C=O) groups excluding carboxylic acids is 3. The maximum absolute atomic E-state index is 13.6. The summed E-state index contributed by atoms with van der Waals surface area (Å²) in [5, 5.41) is 0. The Bertz CT molecular complexity index is 801. The van der Waals surface area contributed by atoms with Gasteiger partial charge in [-0.3, -0.25) is 14.4 Å². The van der Waals surface area contributed by atoms with Crippen LogP contribution in [0.5, 0.6) is 0 Å². The van der Waals surface area contributed by atoms with Gasteiger partial charge in [-0.05, 0) is 38.2 Å². The summed E-state index contributed by atoms with van der Waals surface area (Å²) >= 11 is 0. The van der Waals surface area contributed by atoms with Crippen LogP contribution in [-0.4, -0.2) is 54.7 Å². The van der Waals surface area contributed by atoms with Gasteiger partial charge in [-0.1, -0.05) is 64.4 Å². The average Bonchev–Trinajstić information content (AvgIpc) is 2.79. The van der Waals surface area contributed by atoms with E-state index in [-0.39, 0.29) is 49.2 Å². The van der Waals surface area contributed by atoms with E-state index in [9.17, 15) is 14.4 Å². The quantitative estimate of drug-likeness (QED) is 0.361. The Morgan fingerprint density at radius 3 is 2.06 bits per heavy atom. The molecule has 0 aromatic heterocycles. The summed E-state index contributed by atoms with van der Waals surface area (Å²) in [4.78, 5) is 40.4. The molecule has 1 aromatic carbocycles. The second-order valence-corrected chi connectivity index (χ2v) is 10.6. The normalized spacial score (nSPS) is 15.1. The van der Waals surface area contributed by atoms with Gasteiger partial charge in [-0.25, -0.2) is 0 Å². The highest BCUT2D eigenvalue weighted by Crippen LogP contribution is 2.27. The van der Waals surface area contributed by atoms with Gasteiger partial charge < -0.3 is 19.1 Å². The van der Waals surface area contributed by atoms with Gasteiger partial charge in [0.05, 0.1) is 30.9 Å². The molecule has 1 aromatic rings. The van der Waals surface area contributed by atoms with Crippen LogP contribution in [0, 0.1) is 17.8 Å². The minimum atomic E-state index is -0.605. The molecular formula is C28H45NO6. The molecule has 0 fully saturated rings. The first kappa shape index (κ1) is 30.6. The largest absolute Gasteiger partial charge is 0.461 e. The molecule has 7 nitrogen and oxygen atoms in total. The highest BCUT2D eigenvalue weighted by atomic mass is 16.6. The number of amides is 1. The van der Waals surface area contributed by atoms with E-state index in [1.165, 1.54) is 0 Å². The molecule has 0 unspecified atom stereocenters. The summed E-state index contributed by atoms with van der Waals surface area (Å²) in [6, 6.07) is 9.09. The van der Waals surface area contributed by atoms with Gasteiger partial charge in [-0.15, -0.1) is 0 Å². The van der Waals surface area contributed by atoms with E-state index in [4.69, 9.17) is 14.2 Å². The maximum atomic E-state index is 13.6. The predicted octanol–water partition coefficient (Wildman–Crippen LogP) is 5.01. The first-order valence-electron chi connectivity index (χ1n) is 12.5. The third-order valence-electron chi connectivity index (χ3n) is 6.24. The Labute approximate surface area is 211 Å². The van der Waals surface area contributed by atoms with Crippen LogP contribution >= 0.6 is 0 Å². The zero-order chi connectivity index (χ0) is 26.8. The Kier molecular flexibility index (Phi) is 12.4. The molecular weight excluding hydrogens is 446 g/mol. The predicted molar refractivity (Wildman–Crippen MR) is 136 cm³/mol. The Morgan fingerprint density at radius 1 is 0.971 bits per heavy atom. The van der Waals surface area contributed by atoms with Gasteiger partial charge >= 0.3 is 11.9 Å². The van der Waals surface area contributed by atoms with E-state index >= 15 is 0 Å². The second kappa shape index (κ2) is 14.2. The number of ether oxygens (including phenoxy) is 3. The fourth-order valence-electron chi connectivity index (χ4n) is 4.12. The minimum Gasteiger partial charge on any atom is -0.461 e. The van der Waals surface area contributed by atoms with E-state index in [1.54, 1.807) is 19.1 Å². The smallest absolute Gasteiger partial charge is 0.309 e. The van der Waals surface area contributed by atoms with E-state index in [1.807, 2.05) is 78.8 Å². The van der Waals surface area contributed by atoms with Gasteiger partial charge in [0.15, 0.2) is 0 Å². The summed E-state index contributed by atoms with van der Waals surface area (Å²) < 4.78 is 16.6. The number of carbonyl (C=O) groups is 3. The van der Waals surface area contributed by atoms with Crippen molar-refractivity contribution in [3.63, 3.8) is 0 Å². The van der Waals surface area contributed by atoms with Crippen LogP contribution in [0.25, 0.3) is 0 Å². The van der Waals surface area contributed by atoms with Crippen molar-refractivity contribution < 1.29 is 28.6 Å². The number of benzene rings is 1. The minimum absolute atomic E-state index is 0.00931. The Morgan fingerprint density at radius 2 is 1.57 bits per heavy atom. The molecule has 0 radical (unpaired) electrons. The SMILES string of the molecule is CC[C@H](C)[C@@H]([C@@H](CC(=O)OC(C)(C)C)OC)N(C)C(=O)[C@@H](CC(=O)OCc1ccccc1)C(C)C. The summed E-state index contributed by atoms with van der Waals surface area (Å²) in [5.74, 6) is -1.50.